The number of rotatable bonds is 2. The Hall–Kier alpha value is -7.12. The Balaban J connectivity index is 1.20. The predicted octanol–water partition coefficient (Wildman–Crippen LogP) is 12.0. The summed E-state index contributed by atoms with van der Waals surface area (Å²) in [7, 11) is 0. The van der Waals surface area contributed by atoms with Crippen molar-refractivity contribution in [3.05, 3.63) is 146 Å². The second-order valence-electron chi connectivity index (χ2n) is 12.9. The van der Waals surface area contributed by atoms with Crippen LogP contribution in [0.15, 0.2) is 150 Å². The molecule has 2 aliphatic rings. The summed E-state index contributed by atoms with van der Waals surface area (Å²) in [5.41, 5.74) is 8.74. The predicted molar refractivity (Wildman–Crippen MR) is 201 cm³/mol. The van der Waals surface area contributed by atoms with Gasteiger partial charge in [0.15, 0.2) is 23.0 Å². The maximum Gasteiger partial charge on any atom is 0.235 e. The molecule has 0 unspecified atom stereocenters. The minimum absolute atomic E-state index is 0.533. The SMILES string of the molecule is c1ccc2c(c1)Oc1cc3c4ccccc4n(-c4nc(-c5cccc6c5oc5ccccc56)c5ccccc5n4)c3c3c1N2c1ccccc1O3. The van der Waals surface area contributed by atoms with Crippen LogP contribution >= 0.6 is 0 Å². The number of hydrogen-bond donors (Lipinski definition) is 0. The molecule has 2 aliphatic heterocycles. The Morgan fingerprint density at radius 1 is 0.510 bits per heavy atom. The van der Waals surface area contributed by atoms with Gasteiger partial charge in [-0.3, -0.25) is 9.47 Å². The number of benzene rings is 7. The Morgan fingerprint density at radius 2 is 1.20 bits per heavy atom. The first-order valence-electron chi connectivity index (χ1n) is 16.9. The number of nitrogens with zero attached hydrogens (tertiary/aromatic N) is 4. The van der Waals surface area contributed by atoms with Crippen molar-refractivity contribution in [2.45, 2.75) is 0 Å². The number of fused-ring (bicyclic) bond motifs is 12. The minimum atomic E-state index is 0.533. The zero-order valence-electron chi connectivity index (χ0n) is 26.9. The van der Waals surface area contributed by atoms with Crippen molar-refractivity contribution in [2.75, 3.05) is 4.90 Å². The Labute approximate surface area is 290 Å². The first-order chi connectivity index (χ1) is 25.3. The molecule has 5 heterocycles. The van der Waals surface area contributed by atoms with Gasteiger partial charge in [-0.05, 0) is 54.6 Å². The third-order valence-electron chi connectivity index (χ3n) is 10.2. The molecule has 0 bridgehead atoms. The van der Waals surface area contributed by atoms with Gasteiger partial charge in [0.25, 0.3) is 0 Å². The smallest absolute Gasteiger partial charge is 0.235 e. The molecule has 0 spiro atoms. The van der Waals surface area contributed by atoms with Crippen LogP contribution in [-0.4, -0.2) is 14.5 Å². The topological polar surface area (TPSA) is 65.5 Å². The maximum atomic E-state index is 6.92. The number of hydrogen-bond acceptors (Lipinski definition) is 6. The average Bonchev–Trinajstić information content (AvgIpc) is 3.73. The van der Waals surface area contributed by atoms with Gasteiger partial charge in [0, 0.05) is 32.5 Å². The largest absolute Gasteiger partial charge is 0.455 e. The number of para-hydroxylation sites is 8. The highest BCUT2D eigenvalue weighted by Crippen LogP contribution is 2.62. The lowest BCUT2D eigenvalue weighted by atomic mass is 10.0. The van der Waals surface area contributed by atoms with E-state index in [0.717, 1.165) is 100 Å². The van der Waals surface area contributed by atoms with Crippen molar-refractivity contribution in [3.8, 4) is 40.2 Å². The lowest BCUT2D eigenvalue weighted by Crippen LogP contribution is -2.20. The molecule has 12 rings (SSSR count). The van der Waals surface area contributed by atoms with Crippen molar-refractivity contribution in [1.29, 1.82) is 0 Å². The van der Waals surface area contributed by atoms with Crippen LogP contribution < -0.4 is 14.4 Å². The molecule has 51 heavy (non-hydrogen) atoms. The molecule has 7 nitrogen and oxygen atoms in total. The maximum absolute atomic E-state index is 6.92. The summed E-state index contributed by atoms with van der Waals surface area (Å²) < 4.78 is 22.2. The van der Waals surface area contributed by atoms with Crippen molar-refractivity contribution < 1.29 is 13.9 Å². The van der Waals surface area contributed by atoms with Gasteiger partial charge in [-0.1, -0.05) is 91.0 Å². The number of ether oxygens (including phenoxy) is 2. The molecular formula is C44H24N4O3. The van der Waals surface area contributed by atoms with Gasteiger partial charge in [-0.25, -0.2) is 9.97 Å². The van der Waals surface area contributed by atoms with Gasteiger partial charge >= 0.3 is 0 Å². The number of aromatic nitrogens is 3. The van der Waals surface area contributed by atoms with Crippen LogP contribution in [0.2, 0.25) is 0 Å². The summed E-state index contributed by atoms with van der Waals surface area (Å²) in [6.45, 7) is 0. The van der Waals surface area contributed by atoms with Gasteiger partial charge in [0.05, 0.1) is 28.1 Å². The molecule has 238 valence electrons. The Morgan fingerprint density at radius 3 is 2.06 bits per heavy atom. The second kappa shape index (κ2) is 9.74. The molecule has 7 heteroatoms. The molecule has 0 fully saturated rings. The van der Waals surface area contributed by atoms with Gasteiger partial charge in [-0.2, -0.15) is 0 Å². The summed E-state index contributed by atoms with van der Waals surface area (Å²) in [6.07, 6.45) is 0. The van der Waals surface area contributed by atoms with Gasteiger partial charge < -0.3 is 13.9 Å². The molecule has 0 N–H and O–H groups in total. The highest BCUT2D eigenvalue weighted by atomic mass is 16.5. The molecule has 10 aromatic rings. The van der Waals surface area contributed by atoms with Crippen LogP contribution in [0, 0.1) is 0 Å². The van der Waals surface area contributed by atoms with Crippen LogP contribution in [-0.2, 0) is 0 Å². The first kappa shape index (κ1) is 26.8. The fourth-order valence-corrected chi connectivity index (χ4v) is 8.01. The van der Waals surface area contributed by atoms with Crippen LogP contribution in [0.4, 0.5) is 17.1 Å². The van der Waals surface area contributed by atoms with Crippen molar-refractivity contribution in [1.82, 2.24) is 14.5 Å². The molecule has 0 atom stereocenters. The van der Waals surface area contributed by atoms with E-state index in [1.807, 2.05) is 72.8 Å². The lowest BCUT2D eigenvalue weighted by Gasteiger charge is -2.38. The fourth-order valence-electron chi connectivity index (χ4n) is 8.01. The minimum Gasteiger partial charge on any atom is -0.455 e. The van der Waals surface area contributed by atoms with Crippen LogP contribution in [0.3, 0.4) is 0 Å². The normalized spacial score (nSPS) is 13.0. The van der Waals surface area contributed by atoms with Crippen LogP contribution in [0.25, 0.3) is 71.9 Å². The van der Waals surface area contributed by atoms with E-state index in [4.69, 9.17) is 23.9 Å². The molecule has 7 aromatic carbocycles. The number of furan rings is 1. The van der Waals surface area contributed by atoms with Crippen LogP contribution in [0.1, 0.15) is 0 Å². The van der Waals surface area contributed by atoms with Gasteiger partial charge in [-0.15, -0.1) is 0 Å². The summed E-state index contributed by atoms with van der Waals surface area (Å²) in [5, 5.41) is 5.09. The van der Waals surface area contributed by atoms with Crippen molar-refractivity contribution in [2.24, 2.45) is 0 Å². The fraction of sp³-hybridized carbons (Fsp3) is 0. The second-order valence-corrected chi connectivity index (χ2v) is 12.9. The van der Waals surface area contributed by atoms with E-state index in [1.165, 1.54) is 0 Å². The van der Waals surface area contributed by atoms with E-state index in [1.54, 1.807) is 0 Å². The first-order valence-corrected chi connectivity index (χ1v) is 16.9. The van der Waals surface area contributed by atoms with E-state index in [2.05, 4.69) is 82.3 Å². The molecular weight excluding hydrogens is 633 g/mol. The van der Waals surface area contributed by atoms with E-state index in [9.17, 15) is 0 Å². The zero-order valence-corrected chi connectivity index (χ0v) is 26.9. The Bertz CT molecular complexity index is 3110. The molecule has 0 saturated carbocycles. The summed E-state index contributed by atoms with van der Waals surface area (Å²) >= 11 is 0. The third kappa shape index (κ3) is 3.56. The standard InChI is InChI=1S/C44H24N4O3/c1-4-17-31-28(14-1)39(29-16-11-15-27-26-13-3-8-21-35(26)50-42(27)29)46-44(45-31)48-32-18-5-2-12-25(32)30-24-38-41-43(40(30)48)51-37-23-10-7-20-34(37)47(41)33-19-6-9-22-36(33)49-38/h1-24H. The summed E-state index contributed by atoms with van der Waals surface area (Å²) in [4.78, 5) is 12.9. The summed E-state index contributed by atoms with van der Waals surface area (Å²) in [5.74, 6) is 3.49. The zero-order chi connectivity index (χ0) is 33.2. The average molecular weight is 657 g/mol. The van der Waals surface area contributed by atoms with Crippen molar-refractivity contribution >= 4 is 71.7 Å². The van der Waals surface area contributed by atoms with E-state index >= 15 is 0 Å². The molecule has 0 amide bonds. The molecule has 3 aromatic heterocycles. The van der Waals surface area contributed by atoms with E-state index in [0.29, 0.717) is 11.7 Å². The van der Waals surface area contributed by atoms with E-state index in [-0.39, 0.29) is 0 Å². The lowest BCUT2D eigenvalue weighted by molar-refractivity contribution is 0.449. The highest BCUT2D eigenvalue weighted by Gasteiger charge is 2.37. The monoisotopic (exact) mass is 656 g/mol. The van der Waals surface area contributed by atoms with Crippen molar-refractivity contribution in [3.63, 3.8) is 0 Å². The third-order valence-corrected chi connectivity index (χ3v) is 10.2. The molecule has 0 aliphatic carbocycles. The van der Waals surface area contributed by atoms with Gasteiger partial charge in [0.2, 0.25) is 5.95 Å². The highest BCUT2D eigenvalue weighted by molar-refractivity contribution is 6.16. The Kier molecular flexibility index (Phi) is 5.12. The van der Waals surface area contributed by atoms with Gasteiger partial charge in [0.1, 0.15) is 22.4 Å². The molecule has 0 radical (unpaired) electrons. The molecule has 0 saturated heterocycles. The summed E-state index contributed by atoms with van der Waals surface area (Å²) in [6, 6.07) is 49.3. The van der Waals surface area contributed by atoms with E-state index < -0.39 is 0 Å². The number of anilines is 3. The quantitative estimate of drug-likeness (QED) is 0.184. The van der Waals surface area contributed by atoms with Crippen LogP contribution in [0.5, 0.6) is 23.0 Å².